The zero-order chi connectivity index (χ0) is 14.5. The minimum Gasteiger partial charge on any atom is -0.314 e. The highest BCUT2D eigenvalue weighted by Gasteiger charge is 2.07. The van der Waals surface area contributed by atoms with Crippen molar-refractivity contribution in [3.8, 4) is 0 Å². The fourth-order valence-corrected chi connectivity index (χ4v) is 2.53. The van der Waals surface area contributed by atoms with E-state index in [0.29, 0.717) is 6.04 Å². The van der Waals surface area contributed by atoms with E-state index in [1.54, 1.807) is 6.20 Å². The Morgan fingerprint density at radius 2 is 1.70 bits per heavy atom. The maximum Gasteiger partial charge on any atom is 0.0692 e. The van der Waals surface area contributed by atoms with Crippen molar-refractivity contribution in [3.05, 3.63) is 12.4 Å². The van der Waals surface area contributed by atoms with Crippen molar-refractivity contribution in [2.75, 3.05) is 6.54 Å². The highest BCUT2D eigenvalue weighted by atomic mass is 15.4. The minimum absolute atomic E-state index is 0.712. The van der Waals surface area contributed by atoms with Crippen molar-refractivity contribution < 1.29 is 0 Å². The number of rotatable bonds is 13. The van der Waals surface area contributed by atoms with Crippen LogP contribution in [0.25, 0.3) is 0 Å². The molecular weight excluding hydrogens is 248 g/mol. The number of aryl methyl sites for hydroxylation is 1. The topological polar surface area (TPSA) is 42.7 Å². The molecule has 116 valence electrons. The molecule has 0 saturated heterocycles. The summed E-state index contributed by atoms with van der Waals surface area (Å²) < 4.78 is 1.91. The third-order valence-corrected chi connectivity index (χ3v) is 3.78. The van der Waals surface area contributed by atoms with E-state index in [-0.39, 0.29) is 0 Å². The van der Waals surface area contributed by atoms with E-state index in [9.17, 15) is 0 Å². The molecule has 1 aromatic rings. The predicted octanol–water partition coefficient (Wildman–Crippen LogP) is 3.79. The van der Waals surface area contributed by atoms with E-state index in [1.807, 2.05) is 10.9 Å². The summed E-state index contributed by atoms with van der Waals surface area (Å²) in [4.78, 5) is 0. The van der Waals surface area contributed by atoms with Gasteiger partial charge in [-0.1, -0.05) is 57.6 Å². The molecule has 0 unspecified atom stereocenters. The first-order chi connectivity index (χ1) is 9.86. The first-order valence-electron chi connectivity index (χ1n) is 8.44. The Kier molecular flexibility index (Phi) is 10.2. The van der Waals surface area contributed by atoms with E-state index in [4.69, 9.17) is 0 Å². The third-order valence-electron chi connectivity index (χ3n) is 3.78. The summed E-state index contributed by atoms with van der Waals surface area (Å²) in [5.74, 6) is 0. The van der Waals surface area contributed by atoms with Crippen LogP contribution in [0.2, 0.25) is 0 Å². The highest BCUT2D eigenvalue weighted by molar-refractivity contribution is 4.68. The number of nitrogens with zero attached hydrogens (tertiary/aromatic N) is 3. The second-order valence-electron chi connectivity index (χ2n) is 5.66. The minimum atomic E-state index is 0.712. The third kappa shape index (κ3) is 8.31. The molecule has 0 fully saturated rings. The van der Waals surface area contributed by atoms with Gasteiger partial charge >= 0.3 is 0 Å². The van der Waals surface area contributed by atoms with Crippen LogP contribution in [0.1, 0.15) is 71.6 Å². The quantitative estimate of drug-likeness (QED) is 0.559. The van der Waals surface area contributed by atoms with E-state index in [2.05, 4.69) is 29.5 Å². The van der Waals surface area contributed by atoms with Crippen LogP contribution in [0.4, 0.5) is 0 Å². The van der Waals surface area contributed by atoms with Gasteiger partial charge in [-0.25, -0.2) is 0 Å². The lowest BCUT2D eigenvalue weighted by atomic mass is 10.0. The van der Waals surface area contributed by atoms with Gasteiger partial charge in [0.2, 0.25) is 0 Å². The Morgan fingerprint density at radius 1 is 1.00 bits per heavy atom. The molecule has 1 N–H and O–H groups in total. The molecule has 0 radical (unpaired) electrons. The Hall–Kier alpha value is -0.900. The van der Waals surface area contributed by atoms with Crippen LogP contribution in [-0.4, -0.2) is 27.6 Å². The number of unbranched alkanes of at least 4 members (excludes halogenated alkanes) is 4. The zero-order valence-corrected chi connectivity index (χ0v) is 13.4. The van der Waals surface area contributed by atoms with Gasteiger partial charge in [0.05, 0.1) is 6.20 Å². The smallest absolute Gasteiger partial charge is 0.0692 e. The van der Waals surface area contributed by atoms with Gasteiger partial charge < -0.3 is 5.32 Å². The van der Waals surface area contributed by atoms with Gasteiger partial charge in [0.25, 0.3) is 0 Å². The standard InChI is InChI=1S/C16H32N4/c1-3-5-7-10-16(11-8-6-4-2)17-12-9-14-20-15-13-18-19-20/h13,15-17H,3-12,14H2,1-2H3. The van der Waals surface area contributed by atoms with Crippen molar-refractivity contribution >= 4 is 0 Å². The maximum absolute atomic E-state index is 3.99. The van der Waals surface area contributed by atoms with E-state index < -0.39 is 0 Å². The van der Waals surface area contributed by atoms with Gasteiger partial charge in [-0.15, -0.1) is 5.10 Å². The molecule has 0 aliphatic heterocycles. The Balaban J connectivity index is 2.13. The summed E-state index contributed by atoms with van der Waals surface area (Å²) in [6.07, 6.45) is 15.6. The summed E-state index contributed by atoms with van der Waals surface area (Å²) in [6, 6.07) is 0.712. The number of hydrogen-bond donors (Lipinski definition) is 1. The largest absolute Gasteiger partial charge is 0.314 e. The fourth-order valence-electron chi connectivity index (χ4n) is 2.53. The van der Waals surface area contributed by atoms with Crippen molar-refractivity contribution in [3.63, 3.8) is 0 Å². The van der Waals surface area contributed by atoms with Crippen molar-refractivity contribution in [1.29, 1.82) is 0 Å². The molecule has 4 heteroatoms. The van der Waals surface area contributed by atoms with Gasteiger partial charge in [0, 0.05) is 18.8 Å². The highest BCUT2D eigenvalue weighted by Crippen LogP contribution is 2.11. The molecular formula is C16H32N4. The Bertz CT molecular complexity index is 287. The van der Waals surface area contributed by atoms with E-state index in [1.165, 1.54) is 51.4 Å². The lowest BCUT2D eigenvalue weighted by molar-refractivity contribution is 0.406. The number of aromatic nitrogens is 3. The molecule has 0 saturated carbocycles. The molecule has 0 atom stereocenters. The average Bonchev–Trinajstić information content (AvgIpc) is 2.96. The lowest BCUT2D eigenvalue weighted by Crippen LogP contribution is -2.30. The molecule has 1 rings (SSSR count). The molecule has 0 aliphatic carbocycles. The SMILES string of the molecule is CCCCCC(CCCCC)NCCCn1ccnn1. The molecule has 0 amide bonds. The summed E-state index contributed by atoms with van der Waals surface area (Å²) in [6.45, 7) is 6.60. The van der Waals surface area contributed by atoms with Crippen LogP contribution in [0.5, 0.6) is 0 Å². The second kappa shape index (κ2) is 11.9. The molecule has 0 aromatic carbocycles. The van der Waals surface area contributed by atoms with E-state index >= 15 is 0 Å². The first-order valence-corrected chi connectivity index (χ1v) is 8.44. The van der Waals surface area contributed by atoms with Crippen LogP contribution >= 0.6 is 0 Å². The predicted molar refractivity (Wildman–Crippen MR) is 84.7 cm³/mol. The zero-order valence-electron chi connectivity index (χ0n) is 13.4. The van der Waals surface area contributed by atoms with Crippen molar-refractivity contribution in [2.24, 2.45) is 0 Å². The molecule has 1 heterocycles. The summed E-state index contributed by atoms with van der Waals surface area (Å²) >= 11 is 0. The first kappa shape index (κ1) is 17.2. The maximum atomic E-state index is 3.99. The normalized spacial score (nSPS) is 11.3. The van der Waals surface area contributed by atoms with Crippen LogP contribution in [-0.2, 0) is 6.54 Å². The molecule has 0 spiro atoms. The van der Waals surface area contributed by atoms with Crippen LogP contribution in [0.15, 0.2) is 12.4 Å². The molecule has 20 heavy (non-hydrogen) atoms. The second-order valence-corrected chi connectivity index (χ2v) is 5.66. The van der Waals surface area contributed by atoms with Gasteiger partial charge in [0.1, 0.15) is 0 Å². The number of hydrogen-bond acceptors (Lipinski definition) is 3. The lowest BCUT2D eigenvalue weighted by Gasteiger charge is -2.18. The summed E-state index contributed by atoms with van der Waals surface area (Å²) in [5.41, 5.74) is 0. The summed E-state index contributed by atoms with van der Waals surface area (Å²) in [5, 5.41) is 11.6. The van der Waals surface area contributed by atoms with Crippen molar-refractivity contribution in [2.45, 2.75) is 84.2 Å². The van der Waals surface area contributed by atoms with E-state index in [0.717, 1.165) is 19.5 Å². The van der Waals surface area contributed by atoms with Gasteiger partial charge in [-0.05, 0) is 25.8 Å². The molecule has 1 aromatic heterocycles. The van der Waals surface area contributed by atoms with Gasteiger partial charge in [-0.3, -0.25) is 4.68 Å². The fraction of sp³-hybridized carbons (Fsp3) is 0.875. The van der Waals surface area contributed by atoms with Gasteiger partial charge in [-0.2, -0.15) is 0 Å². The monoisotopic (exact) mass is 280 g/mol. The average molecular weight is 280 g/mol. The van der Waals surface area contributed by atoms with Crippen LogP contribution in [0, 0.1) is 0 Å². The van der Waals surface area contributed by atoms with Crippen LogP contribution in [0.3, 0.4) is 0 Å². The summed E-state index contributed by atoms with van der Waals surface area (Å²) in [7, 11) is 0. The Morgan fingerprint density at radius 3 is 2.25 bits per heavy atom. The molecule has 0 aliphatic rings. The van der Waals surface area contributed by atoms with Crippen molar-refractivity contribution in [1.82, 2.24) is 20.3 Å². The Labute approximate surface area is 124 Å². The number of nitrogens with one attached hydrogen (secondary N) is 1. The van der Waals surface area contributed by atoms with Gasteiger partial charge in [0.15, 0.2) is 0 Å². The molecule has 4 nitrogen and oxygen atoms in total. The molecule has 0 bridgehead atoms. The van der Waals surface area contributed by atoms with Crippen LogP contribution < -0.4 is 5.32 Å².